The van der Waals surface area contributed by atoms with Gasteiger partial charge in [0.2, 0.25) is 0 Å². The Morgan fingerprint density at radius 2 is 1.85 bits per heavy atom. The van der Waals surface area contributed by atoms with Crippen molar-refractivity contribution in [1.82, 2.24) is 0 Å². The Bertz CT molecular complexity index is 848. The van der Waals surface area contributed by atoms with Crippen LogP contribution in [0.5, 0.6) is 15.2 Å². The highest BCUT2D eigenvalue weighted by Crippen LogP contribution is 2.49. The maximum Gasteiger partial charge on any atom is 0.183 e. The Labute approximate surface area is 128 Å². The van der Waals surface area contributed by atoms with Gasteiger partial charge in [-0.2, -0.15) is 0 Å². The summed E-state index contributed by atoms with van der Waals surface area (Å²) in [5.74, 6) is 0. The van der Waals surface area contributed by atoms with E-state index in [9.17, 15) is 15.3 Å². The lowest BCUT2D eigenvalue weighted by Gasteiger charge is -2.03. The van der Waals surface area contributed by atoms with E-state index in [1.54, 1.807) is 17.8 Å². The lowest BCUT2D eigenvalue weighted by molar-refractivity contribution is 0.491. The molecule has 0 spiro atoms. The van der Waals surface area contributed by atoms with E-state index in [0.717, 1.165) is 31.8 Å². The first-order valence-corrected chi connectivity index (χ1v) is 8.69. The molecule has 3 N–H and O–H groups in total. The van der Waals surface area contributed by atoms with Crippen LogP contribution in [0.2, 0.25) is 0 Å². The molecule has 0 unspecified atom stereocenters. The second-order valence-corrected chi connectivity index (χ2v) is 7.48. The van der Waals surface area contributed by atoms with Crippen molar-refractivity contribution in [2.45, 2.75) is 0 Å². The van der Waals surface area contributed by atoms with E-state index >= 15 is 0 Å². The molecule has 0 amide bonds. The molecular weight excluding hydrogens is 311 g/mol. The van der Waals surface area contributed by atoms with E-state index in [-0.39, 0.29) is 15.2 Å². The molecule has 0 aliphatic rings. The summed E-state index contributed by atoms with van der Waals surface area (Å²) in [6.07, 6.45) is 3.97. The monoisotopic (exact) mass is 322 g/mol. The molecule has 0 saturated heterocycles. The van der Waals surface area contributed by atoms with Gasteiger partial charge in [-0.15, -0.1) is 11.8 Å². The number of aromatic hydroxyl groups is 3. The molecule has 0 aliphatic carbocycles. The van der Waals surface area contributed by atoms with Gasteiger partial charge in [0.1, 0.15) is 7.85 Å². The minimum Gasteiger partial charge on any atom is -0.499 e. The smallest absolute Gasteiger partial charge is 0.183 e. The second kappa shape index (κ2) is 4.91. The quantitative estimate of drug-likeness (QED) is 0.632. The third-order valence-corrected chi connectivity index (χ3v) is 5.59. The Morgan fingerprint density at radius 1 is 1.15 bits per heavy atom. The first-order valence-electron chi connectivity index (χ1n) is 5.83. The minimum atomic E-state index is 0.0809. The second-order valence-electron chi connectivity index (χ2n) is 4.38. The summed E-state index contributed by atoms with van der Waals surface area (Å²) in [7, 11) is 2.00. The van der Waals surface area contributed by atoms with Gasteiger partial charge in [0.25, 0.3) is 0 Å². The maximum absolute atomic E-state index is 10.1. The minimum absolute atomic E-state index is 0.0809. The van der Waals surface area contributed by atoms with E-state index < -0.39 is 0 Å². The fraction of sp³-hybridized carbons (Fsp3) is 0.0769. The fourth-order valence-corrected chi connectivity index (χ4v) is 4.15. The normalized spacial score (nSPS) is 12.6. The molecule has 2 heterocycles. The first-order chi connectivity index (χ1) is 9.51. The van der Waals surface area contributed by atoms with Crippen LogP contribution in [0.4, 0.5) is 0 Å². The molecule has 20 heavy (non-hydrogen) atoms. The van der Waals surface area contributed by atoms with Gasteiger partial charge in [-0.3, -0.25) is 0 Å². The standard InChI is InChI=1S/C13H11BO3S3/c1-18-8(14)3-5-2-7-6(4-9(15)19-7)11-10(5)12(16)20-13(11)17/h2-4,15-17H,14H2,1H3/b8-3-. The molecule has 0 saturated carbocycles. The largest absolute Gasteiger partial charge is 0.499 e. The molecule has 7 heteroatoms. The molecule has 3 nitrogen and oxygen atoms in total. The molecule has 3 aromatic rings. The van der Waals surface area contributed by atoms with Crippen LogP contribution in [-0.2, 0) is 0 Å². The highest BCUT2D eigenvalue weighted by molar-refractivity contribution is 8.03. The van der Waals surface area contributed by atoms with Crippen LogP contribution in [0, 0.1) is 0 Å². The van der Waals surface area contributed by atoms with E-state index in [1.807, 2.05) is 26.2 Å². The van der Waals surface area contributed by atoms with E-state index in [0.29, 0.717) is 10.8 Å². The first kappa shape index (κ1) is 13.7. The van der Waals surface area contributed by atoms with Gasteiger partial charge in [-0.25, -0.2) is 0 Å². The predicted molar refractivity (Wildman–Crippen MR) is 92.2 cm³/mol. The number of thioether (sulfide) groups is 1. The summed E-state index contributed by atoms with van der Waals surface area (Å²) >= 11 is 3.84. The van der Waals surface area contributed by atoms with Crippen LogP contribution in [0.25, 0.3) is 26.9 Å². The highest BCUT2D eigenvalue weighted by atomic mass is 32.2. The number of fused-ring (bicyclic) bond motifs is 3. The van der Waals surface area contributed by atoms with Crippen LogP contribution in [-0.4, -0.2) is 29.4 Å². The summed E-state index contributed by atoms with van der Waals surface area (Å²) in [6.45, 7) is 0. The van der Waals surface area contributed by atoms with Gasteiger partial charge in [0.15, 0.2) is 15.2 Å². The van der Waals surface area contributed by atoms with E-state index in [2.05, 4.69) is 0 Å². The van der Waals surface area contributed by atoms with Crippen LogP contribution >= 0.6 is 34.4 Å². The summed E-state index contributed by atoms with van der Waals surface area (Å²) in [4.78, 5) is 1.11. The fourth-order valence-electron chi connectivity index (χ4n) is 2.22. The van der Waals surface area contributed by atoms with Gasteiger partial charge in [-0.05, 0) is 17.9 Å². The van der Waals surface area contributed by atoms with Gasteiger partial charge < -0.3 is 15.3 Å². The predicted octanol–water partition coefficient (Wildman–Crippen LogP) is 3.53. The zero-order valence-corrected chi connectivity index (χ0v) is 13.2. The SMILES string of the molecule is B/C(=C/c1cc2sc(O)cc2c2c(O)sc(O)c12)SC. The van der Waals surface area contributed by atoms with Gasteiger partial charge in [0.05, 0.1) is 0 Å². The summed E-state index contributed by atoms with van der Waals surface area (Å²) in [5.41, 5.74) is 0.857. The third kappa shape index (κ3) is 2.06. The Hall–Kier alpha value is -1.31. The summed E-state index contributed by atoms with van der Waals surface area (Å²) < 4.78 is 0.892. The van der Waals surface area contributed by atoms with Crippen molar-refractivity contribution >= 4 is 69.2 Å². The van der Waals surface area contributed by atoms with Crippen molar-refractivity contribution in [3.63, 3.8) is 0 Å². The number of thiophene rings is 2. The molecule has 0 fully saturated rings. The molecule has 0 atom stereocenters. The Kier molecular flexibility index (Phi) is 3.36. The third-order valence-electron chi connectivity index (χ3n) is 3.14. The molecule has 3 rings (SSSR count). The van der Waals surface area contributed by atoms with Gasteiger partial charge >= 0.3 is 0 Å². The van der Waals surface area contributed by atoms with E-state index in [1.165, 1.54) is 11.3 Å². The lowest BCUT2D eigenvalue weighted by Crippen LogP contribution is -1.79. The van der Waals surface area contributed by atoms with Gasteiger partial charge in [0, 0.05) is 26.9 Å². The molecule has 0 radical (unpaired) electrons. The van der Waals surface area contributed by atoms with Crippen LogP contribution in [0.3, 0.4) is 0 Å². The highest BCUT2D eigenvalue weighted by Gasteiger charge is 2.18. The van der Waals surface area contributed by atoms with Crippen LogP contribution in [0.1, 0.15) is 5.56 Å². The Morgan fingerprint density at radius 3 is 2.55 bits per heavy atom. The average molecular weight is 322 g/mol. The zero-order valence-electron chi connectivity index (χ0n) is 10.8. The van der Waals surface area contributed by atoms with Crippen molar-refractivity contribution in [1.29, 1.82) is 0 Å². The van der Waals surface area contributed by atoms with Crippen molar-refractivity contribution in [2.75, 3.05) is 6.26 Å². The van der Waals surface area contributed by atoms with E-state index in [4.69, 9.17) is 0 Å². The average Bonchev–Trinajstić information content (AvgIpc) is 2.89. The van der Waals surface area contributed by atoms with Crippen molar-refractivity contribution in [2.24, 2.45) is 0 Å². The van der Waals surface area contributed by atoms with Crippen molar-refractivity contribution in [3.05, 3.63) is 22.5 Å². The molecule has 0 aliphatic heterocycles. The van der Waals surface area contributed by atoms with Crippen molar-refractivity contribution < 1.29 is 15.3 Å². The maximum atomic E-state index is 10.1. The molecular formula is C13H11BO3S3. The molecule has 2 aromatic heterocycles. The Balaban J connectivity index is 2.49. The van der Waals surface area contributed by atoms with Gasteiger partial charge in [-0.1, -0.05) is 33.6 Å². The topological polar surface area (TPSA) is 60.7 Å². The molecule has 1 aromatic carbocycles. The molecule has 102 valence electrons. The summed E-state index contributed by atoms with van der Waals surface area (Å²) in [6, 6.07) is 3.57. The number of rotatable bonds is 2. The lowest BCUT2D eigenvalue weighted by atomic mass is 10.0. The zero-order chi connectivity index (χ0) is 14.4. The van der Waals surface area contributed by atoms with Crippen LogP contribution in [0.15, 0.2) is 16.9 Å². The number of hydrogen-bond acceptors (Lipinski definition) is 6. The summed E-state index contributed by atoms with van der Waals surface area (Å²) in [5, 5.41) is 32.3. The molecule has 0 bridgehead atoms. The van der Waals surface area contributed by atoms with Crippen molar-refractivity contribution in [3.8, 4) is 15.2 Å². The van der Waals surface area contributed by atoms with Crippen LogP contribution < -0.4 is 0 Å². The number of benzene rings is 1. The number of hydrogen-bond donors (Lipinski definition) is 3.